The second-order valence-electron chi connectivity index (χ2n) is 3.89. The molecular formula is C9H19N3O. The molecule has 1 aliphatic rings. The van der Waals surface area contributed by atoms with Crippen LogP contribution in [0.1, 0.15) is 13.3 Å². The molecule has 0 radical (unpaired) electrons. The predicted octanol–water partition coefficient (Wildman–Crippen LogP) is -0.598. The first kappa shape index (κ1) is 10.5. The normalized spacial score (nSPS) is 25.9. The predicted molar refractivity (Wildman–Crippen MR) is 52.3 cm³/mol. The first-order chi connectivity index (χ1) is 6.13. The first-order valence-electron chi connectivity index (χ1n) is 4.82. The average Bonchev–Trinajstić information content (AvgIpc) is 2.51. The summed E-state index contributed by atoms with van der Waals surface area (Å²) in [4.78, 5) is 13.7. The van der Waals surface area contributed by atoms with E-state index in [0.717, 1.165) is 19.5 Å². The van der Waals surface area contributed by atoms with Crippen LogP contribution in [0.2, 0.25) is 0 Å². The van der Waals surface area contributed by atoms with Gasteiger partial charge in [-0.25, -0.2) is 0 Å². The fourth-order valence-electron chi connectivity index (χ4n) is 1.57. The van der Waals surface area contributed by atoms with Gasteiger partial charge in [0.2, 0.25) is 5.91 Å². The molecule has 0 aliphatic carbocycles. The Hall–Kier alpha value is -0.610. The minimum absolute atomic E-state index is 0.0957. The molecule has 4 heteroatoms. The van der Waals surface area contributed by atoms with Crippen molar-refractivity contribution in [2.45, 2.75) is 19.4 Å². The number of likely N-dealkylation sites (tertiary alicyclic amines) is 1. The highest BCUT2D eigenvalue weighted by molar-refractivity contribution is 5.79. The molecule has 0 aromatic rings. The van der Waals surface area contributed by atoms with Gasteiger partial charge in [-0.15, -0.1) is 0 Å². The van der Waals surface area contributed by atoms with Gasteiger partial charge in [0.1, 0.15) is 0 Å². The van der Waals surface area contributed by atoms with Crippen LogP contribution in [0.25, 0.3) is 0 Å². The molecule has 2 atom stereocenters. The number of carbonyl (C=O) groups is 1. The van der Waals surface area contributed by atoms with Crippen molar-refractivity contribution in [2.24, 2.45) is 11.7 Å². The van der Waals surface area contributed by atoms with Crippen molar-refractivity contribution in [1.82, 2.24) is 10.2 Å². The third-order valence-electron chi connectivity index (χ3n) is 2.50. The van der Waals surface area contributed by atoms with Crippen LogP contribution < -0.4 is 11.1 Å². The average molecular weight is 185 g/mol. The molecular weight excluding hydrogens is 166 g/mol. The van der Waals surface area contributed by atoms with Crippen LogP contribution in [0.5, 0.6) is 0 Å². The zero-order chi connectivity index (χ0) is 9.84. The van der Waals surface area contributed by atoms with E-state index in [-0.39, 0.29) is 17.9 Å². The molecule has 4 nitrogen and oxygen atoms in total. The Morgan fingerprint density at radius 1 is 1.77 bits per heavy atom. The van der Waals surface area contributed by atoms with E-state index in [9.17, 15) is 4.79 Å². The Morgan fingerprint density at radius 2 is 2.46 bits per heavy atom. The van der Waals surface area contributed by atoms with Crippen LogP contribution in [-0.4, -0.2) is 43.5 Å². The molecule has 0 spiro atoms. The number of nitrogens with zero attached hydrogens (tertiary/aromatic N) is 1. The van der Waals surface area contributed by atoms with Gasteiger partial charge in [-0.2, -0.15) is 0 Å². The van der Waals surface area contributed by atoms with Crippen molar-refractivity contribution in [2.75, 3.05) is 26.7 Å². The molecule has 1 amide bonds. The Kier molecular flexibility index (Phi) is 3.69. The van der Waals surface area contributed by atoms with Crippen LogP contribution in [-0.2, 0) is 4.79 Å². The molecule has 1 aliphatic heterocycles. The van der Waals surface area contributed by atoms with E-state index in [1.54, 1.807) is 0 Å². The van der Waals surface area contributed by atoms with E-state index in [1.165, 1.54) is 0 Å². The second-order valence-corrected chi connectivity index (χ2v) is 3.89. The van der Waals surface area contributed by atoms with Gasteiger partial charge in [0, 0.05) is 19.1 Å². The molecule has 13 heavy (non-hydrogen) atoms. The van der Waals surface area contributed by atoms with E-state index >= 15 is 0 Å². The highest BCUT2D eigenvalue weighted by Gasteiger charge is 2.26. The fourth-order valence-corrected chi connectivity index (χ4v) is 1.57. The molecule has 3 N–H and O–H groups in total. The number of nitrogens with one attached hydrogen (secondary N) is 1. The summed E-state index contributed by atoms with van der Waals surface area (Å²) in [6.07, 6.45) is 0.972. The smallest absolute Gasteiger partial charge is 0.224 e. The van der Waals surface area contributed by atoms with Gasteiger partial charge in [-0.05, 0) is 26.9 Å². The molecule has 0 aromatic carbocycles. The Balaban J connectivity index is 2.31. The molecule has 0 aromatic heterocycles. The lowest BCUT2D eigenvalue weighted by Crippen LogP contribution is -2.41. The largest absolute Gasteiger partial charge is 0.352 e. The summed E-state index contributed by atoms with van der Waals surface area (Å²) in [5.41, 5.74) is 5.42. The van der Waals surface area contributed by atoms with Crippen LogP contribution in [0, 0.1) is 5.92 Å². The van der Waals surface area contributed by atoms with Crippen LogP contribution in [0.15, 0.2) is 0 Å². The van der Waals surface area contributed by atoms with Crippen molar-refractivity contribution in [3.63, 3.8) is 0 Å². The summed E-state index contributed by atoms with van der Waals surface area (Å²) in [5, 5.41) is 2.90. The van der Waals surface area contributed by atoms with Crippen LogP contribution >= 0.6 is 0 Å². The maximum Gasteiger partial charge on any atom is 0.224 e. The molecule has 0 bridgehead atoms. The minimum atomic E-state index is 0.0957. The van der Waals surface area contributed by atoms with Crippen molar-refractivity contribution >= 4 is 5.91 Å². The highest BCUT2D eigenvalue weighted by Crippen LogP contribution is 2.14. The Labute approximate surface area is 79.5 Å². The standard InChI is InChI=1S/C9H19N3O/c1-7(5-10)11-9(13)8-3-4-12(2)6-8/h7-8H,3-6,10H2,1-2H3,(H,11,13). The third-order valence-corrected chi connectivity index (χ3v) is 2.50. The van der Waals surface area contributed by atoms with Crippen molar-refractivity contribution in [3.05, 3.63) is 0 Å². The minimum Gasteiger partial charge on any atom is -0.352 e. The van der Waals surface area contributed by atoms with Gasteiger partial charge in [0.15, 0.2) is 0 Å². The van der Waals surface area contributed by atoms with Gasteiger partial charge < -0.3 is 16.0 Å². The second kappa shape index (κ2) is 4.58. The van der Waals surface area contributed by atoms with Crippen LogP contribution in [0.3, 0.4) is 0 Å². The summed E-state index contributed by atoms with van der Waals surface area (Å²) in [6.45, 7) is 4.34. The topological polar surface area (TPSA) is 58.4 Å². The summed E-state index contributed by atoms with van der Waals surface area (Å²) >= 11 is 0. The lowest BCUT2D eigenvalue weighted by molar-refractivity contribution is -0.125. The summed E-state index contributed by atoms with van der Waals surface area (Å²) < 4.78 is 0. The molecule has 1 fully saturated rings. The van der Waals surface area contributed by atoms with Crippen molar-refractivity contribution < 1.29 is 4.79 Å². The lowest BCUT2D eigenvalue weighted by Gasteiger charge is -2.15. The van der Waals surface area contributed by atoms with Gasteiger partial charge in [0.25, 0.3) is 0 Å². The number of carbonyl (C=O) groups excluding carboxylic acids is 1. The molecule has 1 saturated heterocycles. The van der Waals surface area contributed by atoms with Gasteiger partial charge in [-0.3, -0.25) is 4.79 Å². The highest BCUT2D eigenvalue weighted by atomic mass is 16.2. The zero-order valence-corrected chi connectivity index (χ0v) is 8.42. The third kappa shape index (κ3) is 2.97. The maximum absolute atomic E-state index is 11.6. The molecule has 1 rings (SSSR count). The van der Waals surface area contributed by atoms with Crippen molar-refractivity contribution in [3.8, 4) is 0 Å². The van der Waals surface area contributed by atoms with Gasteiger partial charge >= 0.3 is 0 Å². The monoisotopic (exact) mass is 185 g/mol. The zero-order valence-electron chi connectivity index (χ0n) is 8.42. The van der Waals surface area contributed by atoms with E-state index < -0.39 is 0 Å². The molecule has 76 valence electrons. The van der Waals surface area contributed by atoms with E-state index in [1.807, 2.05) is 14.0 Å². The fraction of sp³-hybridized carbons (Fsp3) is 0.889. The SMILES string of the molecule is CC(CN)NC(=O)C1CCN(C)C1. The molecule has 1 heterocycles. The summed E-state index contributed by atoms with van der Waals surface area (Å²) in [7, 11) is 2.04. The van der Waals surface area contributed by atoms with Gasteiger partial charge in [-0.1, -0.05) is 0 Å². The lowest BCUT2D eigenvalue weighted by atomic mass is 10.1. The quantitative estimate of drug-likeness (QED) is 0.617. The number of rotatable bonds is 3. The number of hydrogen-bond acceptors (Lipinski definition) is 3. The molecule has 2 unspecified atom stereocenters. The van der Waals surface area contributed by atoms with Crippen LogP contribution in [0.4, 0.5) is 0 Å². The number of hydrogen-bond donors (Lipinski definition) is 2. The maximum atomic E-state index is 11.6. The number of nitrogens with two attached hydrogens (primary N) is 1. The Morgan fingerprint density at radius 3 is 2.92 bits per heavy atom. The summed E-state index contributed by atoms with van der Waals surface area (Å²) in [6, 6.07) is 0.0957. The Bertz CT molecular complexity index is 184. The molecule has 0 saturated carbocycles. The number of amides is 1. The first-order valence-corrected chi connectivity index (χ1v) is 4.82. The van der Waals surface area contributed by atoms with Crippen molar-refractivity contribution in [1.29, 1.82) is 0 Å². The van der Waals surface area contributed by atoms with E-state index in [0.29, 0.717) is 6.54 Å². The van der Waals surface area contributed by atoms with Gasteiger partial charge in [0.05, 0.1) is 5.92 Å². The van der Waals surface area contributed by atoms with E-state index in [4.69, 9.17) is 5.73 Å². The summed E-state index contributed by atoms with van der Waals surface area (Å²) in [5.74, 6) is 0.321. The van der Waals surface area contributed by atoms with E-state index in [2.05, 4.69) is 10.2 Å².